The Labute approximate surface area is 97.8 Å². The Balaban J connectivity index is 2.15. The monoisotopic (exact) mass is 248 g/mol. The molecule has 0 saturated heterocycles. The van der Waals surface area contributed by atoms with Gasteiger partial charge in [0.15, 0.2) is 0 Å². The predicted molar refractivity (Wildman–Crippen MR) is 59.3 cm³/mol. The molecule has 1 aliphatic carbocycles. The first-order chi connectivity index (χ1) is 7.15. The summed E-state index contributed by atoms with van der Waals surface area (Å²) in [5, 5.41) is 9.68. The molecule has 0 aromatic heterocycles. The predicted octanol–water partition coefficient (Wildman–Crippen LogP) is 3.43. The molecule has 3 atom stereocenters. The lowest BCUT2D eigenvalue weighted by Crippen LogP contribution is -1.88. The molecule has 1 N–H and O–H groups in total. The van der Waals surface area contributed by atoms with Gasteiger partial charge in [0.25, 0.3) is 0 Å². The van der Waals surface area contributed by atoms with Gasteiger partial charge in [0.2, 0.25) is 0 Å². The summed E-state index contributed by atoms with van der Waals surface area (Å²) in [6, 6.07) is 5.18. The molecule has 0 spiro atoms. The largest absolute Gasteiger partial charge is 0.396 e. The van der Waals surface area contributed by atoms with Crippen molar-refractivity contribution in [2.75, 3.05) is 6.61 Å². The van der Waals surface area contributed by atoms with Gasteiger partial charge in [0.05, 0.1) is 10.0 Å². The van der Waals surface area contributed by atoms with Gasteiger partial charge < -0.3 is 5.11 Å². The molecule has 1 fully saturated rings. The third-order valence-electron chi connectivity index (χ3n) is 2.86. The number of aliphatic hydroxyl groups excluding tert-OH is 1. The van der Waals surface area contributed by atoms with Crippen molar-refractivity contribution in [3.8, 4) is 0 Å². The van der Waals surface area contributed by atoms with E-state index in [0.29, 0.717) is 16.5 Å². The van der Waals surface area contributed by atoms with Crippen molar-refractivity contribution >= 4 is 23.2 Å². The van der Waals surface area contributed by atoms with E-state index < -0.39 is 6.17 Å². The highest BCUT2D eigenvalue weighted by atomic mass is 35.5. The molecular formula is C11H11Cl2FO. The molecule has 1 saturated carbocycles. The van der Waals surface area contributed by atoms with Crippen molar-refractivity contribution in [1.82, 2.24) is 0 Å². The van der Waals surface area contributed by atoms with Crippen molar-refractivity contribution in [3.63, 3.8) is 0 Å². The van der Waals surface area contributed by atoms with Crippen LogP contribution in [0.1, 0.15) is 17.9 Å². The fraction of sp³-hybridized carbons (Fsp3) is 0.455. The number of benzene rings is 1. The normalized spacial score (nSPS) is 29.2. The summed E-state index contributed by atoms with van der Waals surface area (Å²) in [5.41, 5.74) is 0.871. The van der Waals surface area contributed by atoms with E-state index in [1.54, 1.807) is 18.2 Å². The van der Waals surface area contributed by atoms with E-state index in [1.807, 2.05) is 0 Å². The highest BCUT2D eigenvalue weighted by molar-refractivity contribution is 6.42. The van der Waals surface area contributed by atoms with Gasteiger partial charge in [-0.2, -0.15) is 0 Å². The topological polar surface area (TPSA) is 20.2 Å². The van der Waals surface area contributed by atoms with E-state index in [9.17, 15) is 4.39 Å². The van der Waals surface area contributed by atoms with Crippen molar-refractivity contribution in [3.05, 3.63) is 33.8 Å². The van der Waals surface area contributed by atoms with Gasteiger partial charge in [-0.05, 0) is 24.1 Å². The van der Waals surface area contributed by atoms with Crippen LogP contribution in [0.4, 0.5) is 4.39 Å². The summed E-state index contributed by atoms with van der Waals surface area (Å²) in [7, 11) is 0. The van der Waals surface area contributed by atoms with Crippen molar-refractivity contribution in [2.45, 2.75) is 18.5 Å². The minimum absolute atomic E-state index is 0.0307. The van der Waals surface area contributed by atoms with Crippen LogP contribution in [0.3, 0.4) is 0 Å². The third kappa shape index (κ3) is 2.12. The number of aliphatic hydroxyl groups is 1. The molecule has 3 unspecified atom stereocenters. The first kappa shape index (κ1) is 11.2. The van der Waals surface area contributed by atoms with Crippen LogP contribution in [-0.2, 0) is 0 Å². The highest BCUT2D eigenvalue weighted by Gasteiger charge is 2.51. The zero-order chi connectivity index (χ0) is 11.0. The van der Waals surface area contributed by atoms with Gasteiger partial charge in [-0.25, -0.2) is 4.39 Å². The molecule has 0 heterocycles. The molecule has 0 aliphatic heterocycles. The Bertz CT molecular complexity index is 370. The van der Waals surface area contributed by atoms with Gasteiger partial charge in [-0.1, -0.05) is 29.3 Å². The van der Waals surface area contributed by atoms with E-state index in [2.05, 4.69) is 0 Å². The van der Waals surface area contributed by atoms with E-state index >= 15 is 0 Å². The van der Waals surface area contributed by atoms with Crippen LogP contribution < -0.4 is 0 Å². The van der Waals surface area contributed by atoms with Crippen LogP contribution in [0, 0.1) is 5.92 Å². The van der Waals surface area contributed by atoms with Crippen molar-refractivity contribution in [2.24, 2.45) is 5.92 Å². The average Bonchev–Trinajstić information content (AvgIpc) is 2.83. The van der Waals surface area contributed by atoms with Gasteiger partial charge in [-0.15, -0.1) is 0 Å². The molecule has 1 aromatic rings. The van der Waals surface area contributed by atoms with Gasteiger partial charge >= 0.3 is 0 Å². The molecule has 4 heteroatoms. The van der Waals surface area contributed by atoms with Gasteiger partial charge in [0, 0.05) is 18.4 Å². The maximum absolute atomic E-state index is 13.4. The lowest BCUT2D eigenvalue weighted by Gasteiger charge is -2.01. The first-order valence-electron chi connectivity index (χ1n) is 4.85. The van der Waals surface area contributed by atoms with Gasteiger partial charge in [0.1, 0.15) is 6.17 Å². The van der Waals surface area contributed by atoms with Gasteiger partial charge in [-0.3, -0.25) is 0 Å². The maximum Gasteiger partial charge on any atom is 0.111 e. The van der Waals surface area contributed by atoms with E-state index in [-0.39, 0.29) is 18.4 Å². The van der Waals surface area contributed by atoms with E-state index in [1.165, 1.54) is 0 Å². The van der Waals surface area contributed by atoms with Crippen LogP contribution in [0.5, 0.6) is 0 Å². The minimum atomic E-state index is -0.852. The Morgan fingerprint density at radius 3 is 2.60 bits per heavy atom. The Kier molecular flexibility index (Phi) is 3.19. The third-order valence-corrected chi connectivity index (χ3v) is 3.60. The minimum Gasteiger partial charge on any atom is -0.396 e. The summed E-state index contributed by atoms with van der Waals surface area (Å²) in [6.45, 7) is 0.0307. The summed E-state index contributed by atoms with van der Waals surface area (Å²) in [5.74, 6) is -0.181. The van der Waals surface area contributed by atoms with Crippen LogP contribution in [0.2, 0.25) is 10.0 Å². The molecule has 82 valence electrons. The number of hydrogen-bond acceptors (Lipinski definition) is 1. The van der Waals surface area contributed by atoms with Crippen molar-refractivity contribution < 1.29 is 9.50 Å². The molecule has 0 bridgehead atoms. The Hall–Kier alpha value is -0.310. The molecular weight excluding hydrogens is 238 g/mol. The Morgan fingerprint density at radius 1 is 1.27 bits per heavy atom. The zero-order valence-corrected chi connectivity index (χ0v) is 9.47. The molecule has 0 amide bonds. The van der Waals surface area contributed by atoms with E-state index in [4.69, 9.17) is 28.3 Å². The first-order valence-corrected chi connectivity index (χ1v) is 5.60. The van der Waals surface area contributed by atoms with Crippen LogP contribution >= 0.6 is 23.2 Å². The SMILES string of the molecule is OCCC1C(F)C1c1ccc(Cl)c(Cl)c1. The fourth-order valence-electron chi connectivity index (χ4n) is 1.97. The van der Waals surface area contributed by atoms with E-state index in [0.717, 1.165) is 5.56 Å². The van der Waals surface area contributed by atoms with Crippen molar-refractivity contribution in [1.29, 1.82) is 0 Å². The smallest absolute Gasteiger partial charge is 0.111 e. The van der Waals surface area contributed by atoms with Crippen LogP contribution in [-0.4, -0.2) is 17.9 Å². The second-order valence-electron chi connectivity index (χ2n) is 3.82. The molecule has 1 aromatic carbocycles. The summed E-state index contributed by atoms with van der Waals surface area (Å²) >= 11 is 11.6. The lowest BCUT2D eigenvalue weighted by atomic mass is 10.1. The second kappa shape index (κ2) is 4.28. The lowest BCUT2D eigenvalue weighted by molar-refractivity contribution is 0.271. The number of rotatable bonds is 3. The molecule has 15 heavy (non-hydrogen) atoms. The second-order valence-corrected chi connectivity index (χ2v) is 4.63. The molecule has 0 radical (unpaired) electrons. The number of alkyl halides is 1. The number of hydrogen-bond donors (Lipinski definition) is 1. The Morgan fingerprint density at radius 2 is 2.00 bits per heavy atom. The summed E-state index contributed by atoms with van der Waals surface area (Å²) < 4.78 is 13.4. The molecule has 1 nitrogen and oxygen atoms in total. The van der Waals surface area contributed by atoms with Crippen LogP contribution in [0.25, 0.3) is 0 Å². The highest BCUT2D eigenvalue weighted by Crippen LogP contribution is 2.52. The average molecular weight is 249 g/mol. The summed E-state index contributed by atoms with van der Waals surface area (Å²) in [6.07, 6.45) is -0.346. The summed E-state index contributed by atoms with van der Waals surface area (Å²) in [4.78, 5) is 0. The molecule has 1 aliphatic rings. The standard InChI is InChI=1S/C11H11Cl2FO/c12-8-2-1-6(5-9(8)13)10-7(3-4-15)11(10)14/h1-2,5,7,10-11,15H,3-4H2. The molecule has 2 rings (SSSR count). The fourth-order valence-corrected chi connectivity index (χ4v) is 2.28. The van der Waals surface area contributed by atoms with Crippen LogP contribution in [0.15, 0.2) is 18.2 Å². The zero-order valence-electron chi connectivity index (χ0n) is 7.96. The number of halogens is 3. The maximum atomic E-state index is 13.4. The quantitative estimate of drug-likeness (QED) is 0.870.